The molecular formula is C12H17BrN2O3. The second-order valence-corrected chi connectivity index (χ2v) is 4.56. The maximum absolute atomic E-state index is 11.9. The Balaban J connectivity index is 2.57. The average Bonchev–Trinajstić information content (AvgIpc) is 2.37. The third-order valence-corrected chi connectivity index (χ3v) is 2.85. The quantitative estimate of drug-likeness (QED) is 0.843. The van der Waals surface area contributed by atoms with Crippen LogP contribution in [0, 0.1) is 0 Å². The van der Waals surface area contributed by atoms with E-state index in [-0.39, 0.29) is 19.2 Å². The summed E-state index contributed by atoms with van der Waals surface area (Å²) in [5.41, 5.74) is 0.712. The van der Waals surface area contributed by atoms with Gasteiger partial charge in [0, 0.05) is 30.4 Å². The zero-order chi connectivity index (χ0) is 13.4. The molecule has 0 saturated carbocycles. The van der Waals surface area contributed by atoms with Crippen LogP contribution in [0.25, 0.3) is 0 Å². The maximum Gasteiger partial charge on any atom is 0.321 e. The highest BCUT2D eigenvalue weighted by Crippen LogP contribution is 2.14. The molecule has 1 aromatic rings. The van der Waals surface area contributed by atoms with Crippen molar-refractivity contribution < 1.29 is 14.6 Å². The zero-order valence-corrected chi connectivity index (χ0v) is 11.8. The molecule has 0 aliphatic rings. The molecule has 2 amide bonds. The van der Waals surface area contributed by atoms with Crippen molar-refractivity contribution in [1.29, 1.82) is 0 Å². The molecule has 0 atom stereocenters. The molecule has 0 radical (unpaired) electrons. The van der Waals surface area contributed by atoms with Crippen molar-refractivity contribution in [2.24, 2.45) is 0 Å². The second kappa shape index (κ2) is 8.07. The van der Waals surface area contributed by atoms with E-state index in [2.05, 4.69) is 21.2 Å². The first-order valence-electron chi connectivity index (χ1n) is 5.58. The molecule has 0 aliphatic carbocycles. The predicted octanol–water partition coefficient (Wildman–Crippen LogP) is 1.92. The van der Waals surface area contributed by atoms with E-state index in [9.17, 15) is 4.79 Å². The normalized spacial score (nSPS) is 10.2. The van der Waals surface area contributed by atoms with E-state index in [1.165, 1.54) is 4.90 Å². The fourth-order valence-electron chi connectivity index (χ4n) is 1.37. The molecule has 1 aromatic carbocycles. The summed E-state index contributed by atoms with van der Waals surface area (Å²) in [6.45, 7) is 1.09. The minimum atomic E-state index is -0.247. The average molecular weight is 317 g/mol. The molecular weight excluding hydrogens is 300 g/mol. The van der Waals surface area contributed by atoms with E-state index < -0.39 is 0 Å². The first kappa shape index (κ1) is 14.9. The number of ether oxygens (including phenoxy) is 1. The monoisotopic (exact) mass is 316 g/mol. The van der Waals surface area contributed by atoms with Gasteiger partial charge in [0.1, 0.15) is 0 Å². The van der Waals surface area contributed by atoms with Gasteiger partial charge in [0.05, 0.1) is 13.2 Å². The Morgan fingerprint density at radius 1 is 1.39 bits per heavy atom. The van der Waals surface area contributed by atoms with Gasteiger partial charge in [0.25, 0.3) is 0 Å². The molecule has 1 rings (SSSR count). The topological polar surface area (TPSA) is 61.8 Å². The highest BCUT2D eigenvalue weighted by atomic mass is 79.9. The number of aliphatic hydroxyl groups is 1. The number of urea groups is 1. The number of carbonyl (C=O) groups excluding carboxylic acids is 1. The molecule has 0 fully saturated rings. The minimum Gasteiger partial charge on any atom is -0.395 e. The molecule has 2 N–H and O–H groups in total. The molecule has 0 aliphatic heterocycles. The molecule has 0 aromatic heterocycles. The van der Waals surface area contributed by atoms with Crippen molar-refractivity contribution in [3.05, 3.63) is 28.7 Å². The Morgan fingerprint density at radius 3 is 2.61 bits per heavy atom. The molecule has 5 nitrogen and oxygen atoms in total. The Morgan fingerprint density at radius 2 is 2.06 bits per heavy atom. The van der Waals surface area contributed by atoms with Gasteiger partial charge < -0.3 is 20.1 Å². The van der Waals surface area contributed by atoms with E-state index in [0.29, 0.717) is 18.8 Å². The van der Waals surface area contributed by atoms with Gasteiger partial charge in [-0.15, -0.1) is 0 Å². The third kappa shape index (κ3) is 5.03. The number of nitrogens with one attached hydrogen (secondary N) is 1. The molecule has 0 bridgehead atoms. The summed E-state index contributed by atoms with van der Waals surface area (Å²) >= 11 is 3.33. The first-order valence-corrected chi connectivity index (χ1v) is 6.38. The van der Waals surface area contributed by atoms with Gasteiger partial charge in [-0.1, -0.05) is 15.9 Å². The van der Waals surface area contributed by atoms with E-state index in [1.807, 2.05) is 12.1 Å². The lowest BCUT2D eigenvalue weighted by Crippen LogP contribution is -2.39. The van der Waals surface area contributed by atoms with Crippen molar-refractivity contribution in [2.45, 2.75) is 0 Å². The molecule has 18 heavy (non-hydrogen) atoms. The van der Waals surface area contributed by atoms with Gasteiger partial charge in [-0.2, -0.15) is 0 Å². The standard InChI is InChI=1S/C12H17BrN2O3/c1-18-9-7-15(6-8-16)12(17)14-11-4-2-10(13)3-5-11/h2-5,16H,6-9H2,1H3,(H,14,17). The fraction of sp³-hybridized carbons (Fsp3) is 0.417. The molecule has 0 unspecified atom stereocenters. The molecule has 100 valence electrons. The van der Waals surface area contributed by atoms with Crippen LogP contribution in [0.5, 0.6) is 0 Å². The number of halogens is 1. The molecule has 0 spiro atoms. The lowest BCUT2D eigenvalue weighted by atomic mass is 10.3. The van der Waals surface area contributed by atoms with Crippen LogP contribution in [0.15, 0.2) is 28.7 Å². The smallest absolute Gasteiger partial charge is 0.321 e. The zero-order valence-electron chi connectivity index (χ0n) is 10.2. The van der Waals surface area contributed by atoms with Gasteiger partial charge in [-0.25, -0.2) is 4.79 Å². The number of hydrogen-bond acceptors (Lipinski definition) is 3. The number of hydrogen-bond donors (Lipinski definition) is 2. The van der Waals surface area contributed by atoms with Crippen molar-refractivity contribution in [2.75, 3.05) is 38.7 Å². The molecule has 0 heterocycles. The molecule has 6 heteroatoms. The van der Waals surface area contributed by atoms with Crippen LogP contribution in [0.4, 0.5) is 10.5 Å². The van der Waals surface area contributed by atoms with E-state index in [0.717, 1.165) is 4.47 Å². The minimum absolute atomic E-state index is 0.0720. The van der Waals surface area contributed by atoms with Crippen LogP contribution in [0.1, 0.15) is 0 Å². The number of benzene rings is 1. The van der Waals surface area contributed by atoms with Gasteiger partial charge in [-0.05, 0) is 24.3 Å². The van der Waals surface area contributed by atoms with Crippen molar-refractivity contribution in [3.8, 4) is 0 Å². The predicted molar refractivity (Wildman–Crippen MR) is 73.7 cm³/mol. The van der Waals surface area contributed by atoms with E-state index >= 15 is 0 Å². The van der Waals surface area contributed by atoms with Crippen LogP contribution >= 0.6 is 15.9 Å². The Hall–Kier alpha value is -1.11. The Bertz CT molecular complexity index is 370. The van der Waals surface area contributed by atoms with Crippen LogP contribution in [0.3, 0.4) is 0 Å². The Kier molecular flexibility index (Phi) is 6.70. The second-order valence-electron chi connectivity index (χ2n) is 3.64. The Labute approximate surface area is 115 Å². The summed E-state index contributed by atoms with van der Waals surface area (Å²) in [4.78, 5) is 13.4. The third-order valence-electron chi connectivity index (χ3n) is 2.32. The van der Waals surface area contributed by atoms with Crippen molar-refractivity contribution in [3.63, 3.8) is 0 Å². The summed E-state index contributed by atoms with van der Waals surface area (Å²) < 4.78 is 5.88. The van der Waals surface area contributed by atoms with Crippen molar-refractivity contribution in [1.82, 2.24) is 4.90 Å². The van der Waals surface area contributed by atoms with E-state index in [4.69, 9.17) is 9.84 Å². The summed E-state index contributed by atoms with van der Waals surface area (Å²) in [6, 6.07) is 7.05. The number of amides is 2. The highest BCUT2D eigenvalue weighted by molar-refractivity contribution is 9.10. The molecule has 0 saturated heterocycles. The maximum atomic E-state index is 11.9. The number of nitrogens with zero attached hydrogens (tertiary/aromatic N) is 1. The SMILES string of the molecule is COCCN(CCO)C(=O)Nc1ccc(Br)cc1. The highest BCUT2D eigenvalue weighted by Gasteiger charge is 2.12. The number of aliphatic hydroxyl groups excluding tert-OH is 1. The summed E-state index contributed by atoms with van der Waals surface area (Å²) in [5, 5.41) is 11.7. The number of methoxy groups -OCH3 is 1. The fourth-order valence-corrected chi connectivity index (χ4v) is 1.64. The van der Waals surface area contributed by atoms with Crippen molar-refractivity contribution >= 4 is 27.6 Å². The number of rotatable bonds is 6. The lowest BCUT2D eigenvalue weighted by Gasteiger charge is -2.21. The first-order chi connectivity index (χ1) is 8.67. The van der Waals surface area contributed by atoms with Crippen LogP contribution in [-0.4, -0.2) is 49.5 Å². The number of anilines is 1. The largest absolute Gasteiger partial charge is 0.395 e. The summed E-state index contributed by atoms with van der Waals surface area (Å²) in [6.07, 6.45) is 0. The number of carbonyl (C=O) groups is 1. The van der Waals surface area contributed by atoms with Crippen LogP contribution < -0.4 is 5.32 Å². The van der Waals surface area contributed by atoms with Crippen LogP contribution in [0.2, 0.25) is 0 Å². The lowest BCUT2D eigenvalue weighted by molar-refractivity contribution is 0.142. The summed E-state index contributed by atoms with van der Waals surface area (Å²) in [5.74, 6) is 0. The summed E-state index contributed by atoms with van der Waals surface area (Å²) in [7, 11) is 1.57. The van der Waals surface area contributed by atoms with Crippen LogP contribution in [-0.2, 0) is 4.74 Å². The van der Waals surface area contributed by atoms with Gasteiger partial charge >= 0.3 is 6.03 Å². The van der Waals surface area contributed by atoms with Gasteiger partial charge in [0.15, 0.2) is 0 Å². The van der Waals surface area contributed by atoms with Gasteiger partial charge in [-0.3, -0.25) is 0 Å². The van der Waals surface area contributed by atoms with E-state index in [1.54, 1.807) is 19.2 Å². The van der Waals surface area contributed by atoms with Gasteiger partial charge in [0.2, 0.25) is 0 Å².